The van der Waals surface area contributed by atoms with Crippen LogP contribution >= 0.6 is 0 Å². The summed E-state index contributed by atoms with van der Waals surface area (Å²) in [5.41, 5.74) is 2.40. The van der Waals surface area contributed by atoms with Crippen molar-refractivity contribution in [2.75, 3.05) is 11.9 Å². The van der Waals surface area contributed by atoms with E-state index in [1.54, 1.807) is 0 Å². The number of pyridine rings is 1. The van der Waals surface area contributed by atoms with Crippen LogP contribution < -0.4 is 4.90 Å². The molecule has 0 saturated heterocycles. The van der Waals surface area contributed by atoms with Crippen molar-refractivity contribution in [3.8, 4) is 0 Å². The molecule has 1 aromatic heterocycles. The van der Waals surface area contributed by atoms with Crippen molar-refractivity contribution in [2.45, 2.75) is 38.1 Å². The summed E-state index contributed by atoms with van der Waals surface area (Å²) in [6.45, 7) is 0. The normalized spacial score (nSPS) is 16.9. The van der Waals surface area contributed by atoms with Crippen LogP contribution in [0.5, 0.6) is 0 Å². The first-order chi connectivity index (χ1) is 8.84. The van der Waals surface area contributed by atoms with Crippen LogP contribution in [0.3, 0.4) is 0 Å². The lowest BCUT2D eigenvalue weighted by molar-refractivity contribution is 0.427. The van der Waals surface area contributed by atoms with Gasteiger partial charge in [-0.1, -0.05) is 25.3 Å². The maximum Gasteiger partial charge on any atom is 0.0703 e. The molecule has 2 aromatic rings. The summed E-state index contributed by atoms with van der Waals surface area (Å²) in [6.07, 6.45) is 8.69. The molecule has 2 nitrogen and oxygen atoms in total. The van der Waals surface area contributed by atoms with Gasteiger partial charge in [-0.25, -0.2) is 0 Å². The van der Waals surface area contributed by atoms with Gasteiger partial charge in [0, 0.05) is 30.4 Å². The van der Waals surface area contributed by atoms with E-state index in [1.165, 1.54) is 43.2 Å². The molecule has 0 N–H and O–H groups in total. The largest absolute Gasteiger partial charge is 0.372 e. The van der Waals surface area contributed by atoms with Gasteiger partial charge >= 0.3 is 0 Å². The van der Waals surface area contributed by atoms with E-state index < -0.39 is 0 Å². The summed E-state index contributed by atoms with van der Waals surface area (Å²) in [7, 11) is 2.23. The topological polar surface area (TPSA) is 16.1 Å². The minimum absolute atomic E-state index is 0.716. The molecule has 0 aliphatic heterocycles. The van der Waals surface area contributed by atoms with Gasteiger partial charge in [0.2, 0.25) is 0 Å². The van der Waals surface area contributed by atoms with E-state index in [1.807, 2.05) is 12.3 Å². The Hall–Kier alpha value is -1.57. The van der Waals surface area contributed by atoms with Crippen LogP contribution in [0, 0.1) is 0 Å². The van der Waals surface area contributed by atoms with E-state index in [2.05, 4.69) is 41.2 Å². The van der Waals surface area contributed by atoms with Crippen LogP contribution in [0.1, 0.15) is 32.1 Å². The molecule has 2 heteroatoms. The lowest BCUT2D eigenvalue weighted by Gasteiger charge is -2.33. The van der Waals surface area contributed by atoms with Crippen molar-refractivity contribution in [1.29, 1.82) is 0 Å². The highest BCUT2D eigenvalue weighted by Gasteiger charge is 2.18. The zero-order valence-corrected chi connectivity index (χ0v) is 11.0. The minimum atomic E-state index is 0.716. The second-order valence-corrected chi connectivity index (χ2v) is 5.28. The van der Waals surface area contributed by atoms with Crippen molar-refractivity contribution in [1.82, 2.24) is 4.98 Å². The molecule has 0 radical (unpaired) electrons. The van der Waals surface area contributed by atoms with E-state index in [0.717, 1.165) is 5.52 Å². The van der Waals surface area contributed by atoms with E-state index in [0.29, 0.717) is 6.04 Å². The van der Waals surface area contributed by atoms with Crippen LogP contribution in [0.25, 0.3) is 10.9 Å². The molecule has 0 atom stereocenters. The number of aromatic nitrogens is 1. The summed E-state index contributed by atoms with van der Waals surface area (Å²) in [5.74, 6) is 0. The lowest BCUT2D eigenvalue weighted by atomic mass is 9.94. The maximum atomic E-state index is 4.38. The van der Waals surface area contributed by atoms with Crippen molar-refractivity contribution in [3.05, 3.63) is 36.5 Å². The number of hydrogen-bond donors (Lipinski definition) is 0. The molecule has 1 aliphatic rings. The first-order valence-electron chi connectivity index (χ1n) is 6.92. The van der Waals surface area contributed by atoms with Crippen LogP contribution in [0.2, 0.25) is 0 Å². The van der Waals surface area contributed by atoms with Crippen molar-refractivity contribution in [2.24, 2.45) is 0 Å². The van der Waals surface area contributed by atoms with E-state index >= 15 is 0 Å². The van der Waals surface area contributed by atoms with Gasteiger partial charge in [0.05, 0.1) is 5.52 Å². The number of benzene rings is 1. The second-order valence-electron chi connectivity index (χ2n) is 5.28. The van der Waals surface area contributed by atoms with Crippen molar-refractivity contribution < 1.29 is 0 Å². The van der Waals surface area contributed by atoms with Crippen molar-refractivity contribution in [3.63, 3.8) is 0 Å². The average molecular weight is 240 g/mol. The molecule has 1 fully saturated rings. The third-order valence-electron chi connectivity index (χ3n) is 4.12. The molecule has 1 saturated carbocycles. The lowest BCUT2D eigenvalue weighted by Crippen LogP contribution is -2.33. The van der Waals surface area contributed by atoms with E-state index in [-0.39, 0.29) is 0 Å². The van der Waals surface area contributed by atoms with Gasteiger partial charge in [0.25, 0.3) is 0 Å². The van der Waals surface area contributed by atoms with Gasteiger partial charge in [0.1, 0.15) is 0 Å². The Bertz CT molecular complexity index is 529. The minimum Gasteiger partial charge on any atom is -0.372 e. The van der Waals surface area contributed by atoms with Crippen LogP contribution in [-0.4, -0.2) is 18.1 Å². The first-order valence-corrected chi connectivity index (χ1v) is 6.92. The average Bonchev–Trinajstić information content (AvgIpc) is 2.47. The highest BCUT2D eigenvalue weighted by molar-refractivity contribution is 5.82. The van der Waals surface area contributed by atoms with Crippen LogP contribution in [0.4, 0.5) is 5.69 Å². The molecule has 18 heavy (non-hydrogen) atoms. The molecule has 94 valence electrons. The van der Waals surface area contributed by atoms with Gasteiger partial charge in [-0.3, -0.25) is 4.98 Å². The smallest absolute Gasteiger partial charge is 0.0703 e. The Morgan fingerprint density at radius 3 is 2.78 bits per heavy atom. The summed E-state index contributed by atoms with van der Waals surface area (Å²) >= 11 is 0. The molecule has 0 spiro atoms. The summed E-state index contributed by atoms with van der Waals surface area (Å²) in [6, 6.07) is 11.4. The Labute approximate surface area is 109 Å². The Kier molecular flexibility index (Phi) is 3.18. The molecule has 1 aromatic carbocycles. The van der Waals surface area contributed by atoms with Gasteiger partial charge in [0.15, 0.2) is 0 Å². The molecule has 1 heterocycles. The Balaban J connectivity index is 1.88. The molecule has 1 aliphatic carbocycles. The zero-order valence-electron chi connectivity index (χ0n) is 11.0. The Morgan fingerprint density at radius 2 is 1.94 bits per heavy atom. The van der Waals surface area contributed by atoms with E-state index in [9.17, 15) is 0 Å². The van der Waals surface area contributed by atoms with Gasteiger partial charge in [-0.05, 0) is 37.1 Å². The summed E-state index contributed by atoms with van der Waals surface area (Å²) in [5, 5.41) is 1.23. The number of anilines is 1. The predicted octanol–water partition coefficient (Wildman–Crippen LogP) is 4.00. The third-order valence-corrected chi connectivity index (χ3v) is 4.12. The number of rotatable bonds is 2. The summed E-state index contributed by atoms with van der Waals surface area (Å²) in [4.78, 5) is 6.83. The second kappa shape index (κ2) is 4.97. The monoisotopic (exact) mass is 240 g/mol. The molecule has 0 amide bonds. The molecule has 0 unspecified atom stereocenters. The maximum absolute atomic E-state index is 4.38. The highest BCUT2D eigenvalue weighted by atomic mass is 15.1. The third kappa shape index (κ3) is 2.20. The standard InChI is InChI=1S/C16H20N2/c1-18(14-7-3-2-4-8-14)15-9-10-16-13(12-15)6-5-11-17-16/h5-6,9-12,14H,2-4,7-8H2,1H3. The predicted molar refractivity (Wildman–Crippen MR) is 77.0 cm³/mol. The molecular weight excluding hydrogens is 220 g/mol. The van der Waals surface area contributed by atoms with Gasteiger partial charge in [-0.15, -0.1) is 0 Å². The Morgan fingerprint density at radius 1 is 1.11 bits per heavy atom. The first kappa shape index (κ1) is 11.5. The number of nitrogens with zero attached hydrogens (tertiary/aromatic N) is 2. The van der Waals surface area contributed by atoms with Crippen LogP contribution in [0.15, 0.2) is 36.5 Å². The highest BCUT2D eigenvalue weighted by Crippen LogP contribution is 2.27. The number of fused-ring (bicyclic) bond motifs is 1. The van der Waals surface area contributed by atoms with Gasteiger partial charge in [-0.2, -0.15) is 0 Å². The quantitative estimate of drug-likeness (QED) is 0.788. The molecule has 0 bridgehead atoms. The SMILES string of the molecule is CN(c1ccc2ncccc2c1)C1CCCCC1. The number of hydrogen-bond acceptors (Lipinski definition) is 2. The van der Waals surface area contributed by atoms with Crippen LogP contribution in [-0.2, 0) is 0 Å². The molecular formula is C16H20N2. The molecule has 3 rings (SSSR count). The fraction of sp³-hybridized carbons (Fsp3) is 0.438. The van der Waals surface area contributed by atoms with Gasteiger partial charge < -0.3 is 4.90 Å². The van der Waals surface area contributed by atoms with E-state index in [4.69, 9.17) is 0 Å². The van der Waals surface area contributed by atoms with Crippen molar-refractivity contribution >= 4 is 16.6 Å². The zero-order chi connectivity index (χ0) is 12.4. The summed E-state index contributed by atoms with van der Waals surface area (Å²) < 4.78 is 0. The fourth-order valence-electron chi connectivity index (χ4n) is 2.96. The fourth-order valence-corrected chi connectivity index (χ4v) is 2.96.